The van der Waals surface area contributed by atoms with Gasteiger partial charge in [0, 0.05) is 6.54 Å². The Hall–Kier alpha value is -1.08. The minimum atomic E-state index is -0.246. The zero-order valence-corrected chi connectivity index (χ0v) is 7.46. The van der Waals surface area contributed by atoms with E-state index in [1.807, 2.05) is 13.8 Å². The topological polar surface area (TPSA) is 62.1 Å². The molecule has 0 saturated heterocycles. The zero-order chi connectivity index (χ0) is 9.40. The van der Waals surface area contributed by atoms with E-state index in [9.17, 15) is 4.79 Å². The third kappa shape index (κ3) is 7.03. The summed E-state index contributed by atoms with van der Waals surface area (Å²) in [7, 11) is 0. The molecule has 0 atom stereocenters. The normalized spacial score (nSPS) is 9.50. The second kappa shape index (κ2) is 6.62. The van der Waals surface area contributed by atoms with Gasteiger partial charge in [-0.1, -0.05) is 0 Å². The maximum absolute atomic E-state index is 10.7. The van der Waals surface area contributed by atoms with E-state index in [0.29, 0.717) is 13.2 Å². The van der Waals surface area contributed by atoms with Gasteiger partial charge in [-0.2, -0.15) is 5.26 Å². The lowest BCUT2D eigenvalue weighted by molar-refractivity contribution is -0.120. The molecule has 0 aliphatic carbocycles. The van der Waals surface area contributed by atoms with E-state index in [1.54, 1.807) is 6.07 Å². The fraction of sp³-hybridized carbons (Fsp3) is 0.750. The third-order valence-corrected chi connectivity index (χ3v) is 1.12. The Morgan fingerprint density at radius 1 is 1.67 bits per heavy atom. The van der Waals surface area contributed by atoms with E-state index in [0.717, 1.165) is 0 Å². The average Bonchev–Trinajstić information content (AvgIpc) is 1.98. The van der Waals surface area contributed by atoms with Crippen molar-refractivity contribution >= 4 is 5.91 Å². The fourth-order valence-electron chi connectivity index (χ4n) is 0.619. The van der Waals surface area contributed by atoms with Crippen LogP contribution in [-0.2, 0) is 9.53 Å². The number of hydrogen-bond donors (Lipinski definition) is 1. The first-order valence-electron chi connectivity index (χ1n) is 3.92. The van der Waals surface area contributed by atoms with Gasteiger partial charge in [0.05, 0.1) is 18.8 Å². The summed E-state index contributed by atoms with van der Waals surface area (Å²) < 4.78 is 5.17. The summed E-state index contributed by atoms with van der Waals surface area (Å²) in [6, 6.07) is 1.76. The Labute approximate surface area is 72.5 Å². The molecule has 0 bridgehead atoms. The molecule has 4 nitrogen and oxygen atoms in total. The molecule has 1 N–H and O–H groups in total. The average molecular weight is 170 g/mol. The van der Waals surface area contributed by atoms with Crippen molar-refractivity contribution in [1.29, 1.82) is 5.26 Å². The standard InChI is InChI=1S/C8H14N2O2/c1-7(2)12-6-5-10-8(11)3-4-9/h7H,3,5-6H2,1-2H3,(H,10,11). The predicted octanol–water partition coefficient (Wildman–Crippen LogP) is 0.441. The van der Waals surface area contributed by atoms with Gasteiger partial charge in [0.15, 0.2) is 0 Å². The highest BCUT2D eigenvalue weighted by molar-refractivity contribution is 5.77. The molecule has 1 amide bonds. The first-order valence-corrected chi connectivity index (χ1v) is 3.92. The summed E-state index contributed by atoms with van der Waals surface area (Å²) in [6.07, 6.45) is 0.0969. The number of carbonyl (C=O) groups excluding carboxylic acids is 1. The maximum atomic E-state index is 10.7. The highest BCUT2D eigenvalue weighted by atomic mass is 16.5. The smallest absolute Gasteiger partial charge is 0.234 e. The molecule has 68 valence electrons. The van der Waals surface area contributed by atoms with Crippen LogP contribution in [0.25, 0.3) is 0 Å². The summed E-state index contributed by atoms with van der Waals surface area (Å²) in [5.41, 5.74) is 0. The third-order valence-electron chi connectivity index (χ3n) is 1.12. The minimum Gasteiger partial charge on any atom is -0.377 e. The van der Waals surface area contributed by atoms with Crippen molar-refractivity contribution in [1.82, 2.24) is 5.32 Å². The van der Waals surface area contributed by atoms with Gasteiger partial charge in [-0.3, -0.25) is 4.79 Å². The molecule has 0 aliphatic rings. The number of nitriles is 1. The van der Waals surface area contributed by atoms with Gasteiger partial charge in [0.2, 0.25) is 5.91 Å². The van der Waals surface area contributed by atoms with Crippen LogP contribution in [0.15, 0.2) is 0 Å². The first kappa shape index (κ1) is 10.9. The van der Waals surface area contributed by atoms with Crippen LogP contribution in [0.1, 0.15) is 20.3 Å². The molecule has 0 rings (SSSR count). The Morgan fingerprint density at radius 2 is 2.33 bits per heavy atom. The van der Waals surface area contributed by atoms with Crippen molar-refractivity contribution in [2.75, 3.05) is 13.2 Å². The number of hydrogen-bond acceptors (Lipinski definition) is 3. The van der Waals surface area contributed by atoms with E-state index in [2.05, 4.69) is 5.32 Å². The van der Waals surface area contributed by atoms with Crippen molar-refractivity contribution in [3.63, 3.8) is 0 Å². The monoisotopic (exact) mass is 170 g/mol. The molecule has 0 unspecified atom stereocenters. The van der Waals surface area contributed by atoms with Crippen LogP contribution in [0.4, 0.5) is 0 Å². The summed E-state index contributed by atoms with van der Waals surface area (Å²) in [4.78, 5) is 10.7. The number of nitrogens with one attached hydrogen (secondary N) is 1. The van der Waals surface area contributed by atoms with Crippen LogP contribution < -0.4 is 5.32 Å². The molecule has 0 aromatic rings. The Morgan fingerprint density at radius 3 is 2.83 bits per heavy atom. The first-order chi connectivity index (χ1) is 5.66. The largest absolute Gasteiger partial charge is 0.377 e. The van der Waals surface area contributed by atoms with Gasteiger partial charge in [0.25, 0.3) is 0 Å². The SMILES string of the molecule is CC(C)OCCNC(=O)CC#N. The van der Waals surface area contributed by atoms with Crippen LogP contribution in [0.3, 0.4) is 0 Å². The van der Waals surface area contributed by atoms with E-state index in [-0.39, 0.29) is 18.4 Å². The lowest BCUT2D eigenvalue weighted by Crippen LogP contribution is -2.27. The molecule has 0 saturated carbocycles. The van der Waals surface area contributed by atoms with Gasteiger partial charge < -0.3 is 10.1 Å². The molecule has 0 fully saturated rings. The lowest BCUT2D eigenvalue weighted by Gasteiger charge is -2.07. The van der Waals surface area contributed by atoms with Gasteiger partial charge in [-0.15, -0.1) is 0 Å². The van der Waals surface area contributed by atoms with Gasteiger partial charge >= 0.3 is 0 Å². The van der Waals surface area contributed by atoms with Crippen molar-refractivity contribution in [2.24, 2.45) is 0 Å². The second-order valence-corrected chi connectivity index (χ2v) is 2.60. The molecule has 0 spiro atoms. The molecule has 0 heterocycles. The quantitative estimate of drug-likeness (QED) is 0.609. The van der Waals surface area contributed by atoms with E-state index < -0.39 is 0 Å². The van der Waals surface area contributed by atoms with Crippen LogP contribution in [0.5, 0.6) is 0 Å². The maximum Gasteiger partial charge on any atom is 0.234 e. The highest BCUT2D eigenvalue weighted by Gasteiger charge is 1.98. The molecule has 0 aliphatic heterocycles. The molecule has 12 heavy (non-hydrogen) atoms. The zero-order valence-electron chi connectivity index (χ0n) is 7.46. The molecular weight excluding hydrogens is 156 g/mol. The van der Waals surface area contributed by atoms with E-state index in [1.165, 1.54) is 0 Å². The molecular formula is C8H14N2O2. The molecule has 0 radical (unpaired) electrons. The van der Waals surface area contributed by atoms with Crippen LogP contribution >= 0.6 is 0 Å². The Kier molecular flexibility index (Phi) is 6.02. The summed E-state index contributed by atoms with van der Waals surface area (Å²) in [5, 5.41) is 10.7. The summed E-state index contributed by atoms with van der Waals surface area (Å²) in [6.45, 7) is 4.82. The second-order valence-electron chi connectivity index (χ2n) is 2.60. The predicted molar refractivity (Wildman–Crippen MR) is 44.3 cm³/mol. The molecule has 0 aromatic heterocycles. The molecule has 4 heteroatoms. The van der Waals surface area contributed by atoms with Gasteiger partial charge in [-0.05, 0) is 13.8 Å². The summed E-state index contributed by atoms with van der Waals surface area (Å²) >= 11 is 0. The van der Waals surface area contributed by atoms with Gasteiger partial charge in [0.1, 0.15) is 6.42 Å². The fourth-order valence-corrected chi connectivity index (χ4v) is 0.619. The lowest BCUT2D eigenvalue weighted by atomic mass is 10.4. The number of nitrogens with zero attached hydrogens (tertiary/aromatic N) is 1. The minimum absolute atomic E-state index is 0.0817. The number of ether oxygens (including phenoxy) is 1. The van der Waals surface area contributed by atoms with Crippen LogP contribution in [0.2, 0.25) is 0 Å². The van der Waals surface area contributed by atoms with E-state index in [4.69, 9.17) is 10.00 Å². The van der Waals surface area contributed by atoms with Crippen LogP contribution in [-0.4, -0.2) is 25.2 Å². The van der Waals surface area contributed by atoms with Gasteiger partial charge in [-0.25, -0.2) is 0 Å². The van der Waals surface area contributed by atoms with Crippen molar-refractivity contribution in [3.8, 4) is 6.07 Å². The molecule has 0 aromatic carbocycles. The van der Waals surface area contributed by atoms with Crippen molar-refractivity contribution < 1.29 is 9.53 Å². The van der Waals surface area contributed by atoms with E-state index >= 15 is 0 Å². The van der Waals surface area contributed by atoms with Crippen LogP contribution in [0, 0.1) is 11.3 Å². The number of carbonyl (C=O) groups is 1. The summed E-state index contributed by atoms with van der Waals surface area (Å²) in [5.74, 6) is -0.246. The highest BCUT2D eigenvalue weighted by Crippen LogP contribution is 1.85. The number of amides is 1. The number of rotatable bonds is 5. The Bertz CT molecular complexity index is 172. The van der Waals surface area contributed by atoms with Crippen molar-refractivity contribution in [2.45, 2.75) is 26.4 Å². The van der Waals surface area contributed by atoms with Crippen molar-refractivity contribution in [3.05, 3.63) is 0 Å². The Balaban J connectivity index is 3.21.